The zero-order valence-electron chi connectivity index (χ0n) is 13.7. The van der Waals surface area contributed by atoms with Crippen molar-refractivity contribution in [1.29, 1.82) is 0 Å². The minimum absolute atomic E-state index is 0.0321. The monoisotopic (exact) mass is 386 g/mol. The van der Waals surface area contributed by atoms with E-state index in [-0.39, 0.29) is 30.6 Å². The number of pyridine rings is 1. The first kappa shape index (κ1) is 17.5. The number of nitrogens with zero attached hydrogens (tertiary/aromatic N) is 4. The summed E-state index contributed by atoms with van der Waals surface area (Å²) in [5.41, 5.74) is 0.960. The lowest BCUT2D eigenvalue weighted by Gasteiger charge is -2.12. The van der Waals surface area contributed by atoms with Crippen LogP contribution in [-0.2, 0) is 4.74 Å². The number of nitrogens with one attached hydrogen (secondary N) is 2. The molecule has 0 radical (unpaired) electrons. The highest BCUT2D eigenvalue weighted by Gasteiger charge is 2.31. The van der Waals surface area contributed by atoms with Gasteiger partial charge in [-0.25, -0.2) is 8.91 Å². The zero-order chi connectivity index (χ0) is 19.0. The van der Waals surface area contributed by atoms with Gasteiger partial charge in [0.05, 0.1) is 25.5 Å². The predicted molar refractivity (Wildman–Crippen MR) is 85.2 cm³/mol. The van der Waals surface area contributed by atoms with Gasteiger partial charge in [-0.05, 0) is 6.07 Å². The van der Waals surface area contributed by atoms with E-state index in [0.717, 1.165) is 0 Å². The highest BCUT2D eigenvalue weighted by Crippen LogP contribution is 2.34. The number of ether oxygens (including phenoxy) is 2. The van der Waals surface area contributed by atoms with Crippen molar-refractivity contribution in [3.63, 3.8) is 0 Å². The Balaban J connectivity index is 1.72. The molecule has 0 spiro atoms. The van der Waals surface area contributed by atoms with E-state index in [1.807, 2.05) is 0 Å². The van der Waals surface area contributed by atoms with Crippen molar-refractivity contribution in [3.05, 3.63) is 24.7 Å². The molecule has 0 aliphatic carbocycles. The third kappa shape index (κ3) is 3.65. The number of alkyl halides is 4. The highest BCUT2D eigenvalue weighted by molar-refractivity contribution is 5.77. The molecule has 8 nitrogen and oxygen atoms in total. The topological polar surface area (TPSA) is 89.4 Å². The fourth-order valence-corrected chi connectivity index (χ4v) is 2.73. The van der Waals surface area contributed by atoms with Crippen molar-refractivity contribution in [3.8, 4) is 16.9 Å². The molecule has 4 rings (SSSR count). The summed E-state index contributed by atoms with van der Waals surface area (Å²) in [6.07, 6.45) is -1.26. The van der Waals surface area contributed by atoms with Crippen molar-refractivity contribution < 1.29 is 27.0 Å². The van der Waals surface area contributed by atoms with Crippen molar-refractivity contribution in [2.45, 2.75) is 18.4 Å². The van der Waals surface area contributed by atoms with Crippen LogP contribution in [0.2, 0.25) is 0 Å². The molecular formula is C15H14F4N6O2. The van der Waals surface area contributed by atoms with Crippen LogP contribution < -0.4 is 10.1 Å². The summed E-state index contributed by atoms with van der Waals surface area (Å²) in [4.78, 5) is 4.18. The first-order valence-corrected chi connectivity index (χ1v) is 7.97. The molecule has 1 fully saturated rings. The number of fused-ring (bicyclic) bond motifs is 1. The standard InChI is InChI=1S/C15H14F4N6O2/c16-10-5-26-6-11(10)22-14-23-13-12(27-7-15(17,18)19)9(1-2-25(13)24-14)8-3-20-21-4-8/h1-4,10-11H,5-7H2,(H,20,21)(H,22,24)/t10-,11+/m1/s1. The lowest BCUT2D eigenvalue weighted by Crippen LogP contribution is -2.29. The van der Waals surface area contributed by atoms with Crippen LogP contribution in [0.1, 0.15) is 0 Å². The SMILES string of the molecule is F[C@@H]1COC[C@@H]1Nc1nc2c(OCC(F)(F)F)c(-c3cn[nH]c3)ccn2n1. The normalized spacial score (nSPS) is 20.3. The molecule has 144 valence electrons. The Labute approximate surface area is 149 Å². The summed E-state index contributed by atoms with van der Waals surface area (Å²) in [5.74, 6) is -0.0365. The second-order valence-electron chi connectivity index (χ2n) is 5.96. The van der Waals surface area contributed by atoms with Gasteiger partial charge in [0, 0.05) is 23.5 Å². The number of hydrogen-bond donors (Lipinski definition) is 2. The van der Waals surface area contributed by atoms with Gasteiger partial charge in [-0.1, -0.05) is 0 Å². The van der Waals surface area contributed by atoms with E-state index >= 15 is 0 Å². The number of hydrogen-bond acceptors (Lipinski definition) is 6. The van der Waals surface area contributed by atoms with Crippen LogP contribution in [0.5, 0.6) is 5.75 Å². The maximum absolute atomic E-state index is 13.7. The Morgan fingerprint density at radius 1 is 1.37 bits per heavy atom. The number of aromatic amines is 1. The molecule has 0 unspecified atom stereocenters. The molecule has 0 amide bonds. The predicted octanol–water partition coefficient (Wildman–Crippen LogP) is 2.21. The lowest BCUT2D eigenvalue weighted by molar-refractivity contribution is -0.153. The van der Waals surface area contributed by atoms with Crippen molar-refractivity contribution in [2.75, 3.05) is 25.1 Å². The smallest absolute Gasteiger partial charge is 0.422 e. The second kappa shape index (κ2) is 6.68. The molecular weight excluding hydrogens is 372 g/mol. The summed E-state index contributed by atoms with van der Waals surface area (Å²) in [5, 5.41) is 13.3. The summed E-state index contributed by atoms with van der Waals surface area (Å²) in [6.45, 7) is -1.37. The molecule has 27 heavy (non-hydrogen) atoms. The van der Waals surface area contributed by atoms with Gasteiger partial charge >= 0.3 is 6.18 Å². The molecule has 2 N–H and O–H groups in total. The van der Waals surface area contributed by atoms with E-state index in [9.17, 15) is 17.6 Å². The molecule has 12 heteroatoms. The van der Waals surface area contributed by atoms with Crippen LogP contribution in [0.4, 0.5) is 23.5 Å². The van der Waals surface area contributed by atoms with E-state index in [1.54, 1.807) is 6.07 Å². The minimum atomic E-state index is -4.52. The maximum atomic E-state index is 13.7. The molecule has 0 saturated carbocycles. The Morgan fingerprint density at radius 2 is 2.22 bits per heavy atom. The maximum Gasteiger partial charge on any atom is 0.422 e. The van der Waals surface area contributed by atoms with Gasteiger partial charge in [0.2, 0.25) is 5.95 Å². The van der Waals surface area contributed by atoms with Crippen molar-refractivity contribution in [1.82, 2.24) is 24.8 Å². The van der Waals surface area contributed by atoms with Crippen molar-refractivity contribution >= 4 is 11.6 Å². The summed E-state index contributed by atoms with van der Waals surface area (Å²) in [6, 6.07) is 0.911. The van der Waals surface area contributed by atoms with Gasteiger partial charge in [-0.3, -0.25) is 5.10 Å². The average molecular weight is 386 g/mol. The zero-order valence-corrected chi connectivity index (χ0v) is 13.7. The van der Waals surface area contributed by atoms with Crippen LogP contribution in [0.3, 0.4) is 0 Å². The largest absolute Gasteiger partial charge is 0.479 e. The molecule has 3 aromatic heterocycles. The van der Waals surface area contributed by atoms with Gasteiger partial charge in [-0.2, -0.15) is 23.3 Å². The van der Waals surface area contributed by atoms with E-state index < -0.39 is 25.0 Å². The van der Waals surface area contributed by atoms with Gasteiger partial charge < -0.3 is 14.8 Å². The lowest BCUT2D eigenvalue weighted by atomic mass is 10.1. The Hall–Kier alpha value is -2.89. The fourth-order valence-electron chi connectivity index (χ4n) is 2.73. The van der Waals surface area contributed by atoms with E-state index in [2.05, 4.69) is 25.6 Å². The van der Waals surface area contributed by atoms with Crippen LogP contribution in [0, 0.1) is 0 Å². The summed E-state index contributed by atoms with van der Waals surface area (Å²) in [7, 11) is 0. The number of aromatic nitrogens is 5. The second-order valence-corrected chi connectivity index (χ2v) is 5.96. The van der Waals surface area contributed by atoms with E-state index in [0.29, 0.717) is 11.1 Å². The van der Waals surface area contributed by atoms with Crippen LogP contribution >= 0.6 is 0 Å². The number of anilines is 1. The highest BCUT2D eigenvalue weighted by atomic mass is 19.4. The Bertz CT molecular complexity index is 926. The quantitative estimate of drug-likeness (QED) is 0.654. The molecule has 3 aromatic rings. The number of rotatable bonds is 5. The molecule has 0 bridgehead atoms. The molecule has 2 atom stereocenters. The Kier molecular flexibility index (Phi) is 4.34. The van der Waals surface area contributed by atoms with Gasteiger partial charge in [0.25, 0.3) is 0 Å². The molecule has 0 aromatic carbocycles. The van der Waals surface area contributed by atoms with Crippen LogP contribution in [-0.4, -0.2) is 63.0 Å². The summed E-state index contributed by atoms with van der Waals surface area (Å²) >= 11 is 0. The van der Waals surface area contributed by atoms with Crippen LogP contribution in [0.15, 0.2) is 24.7 Å². The molecule has 1 aliphatic rings. The number of H-pyrrole nitrogens is 1. The molecule has 1 aliphatic heterocycles. The van der Waals surface area contributed by atoms with Gasteiger partial charge in [-0.15, -0.1) is 5.10 Å². The van der Waals surface area contributed by atoms with E-state index in [1.165, 1.54) is 23.1 Å². The third-order valence-corrected chi connectivity index (χ3v) is 3.98. The average Bonchev–Trinajstić information content (AvgIpc) is 3.33. The first-order chi connectivity index (χ1) is 12.9. The first-order valence-electron chi connectivity index (χ1n) is 7.97. The van der Waals surface area contributed by atoms with Gasteiger partial charge in [0.1, 0.15) is 6.17 Å². The third-order valence-electron chi connectivity index (χ3n) is 3.98. The number of halogens is 4. The van der Waals surface area contributed by atoms with Gasteiger partial charge in [0.15, 0.2) is 18.0 Å². The Morgan fingerprint density at radius 3 is 2.89 bits per heavy atom. The molecule has 1 saturated heterocycles. The molecule has 4 heterocycles. The van der Waals surface area contributed by atoms with Crippen LogP contribution in [0.25, 0.3) is 16.8 Å². The van der Waals surface area contributed by atoms with Crippen molar-refractivity contribution in [2.24, 2.45) is 0 Å². The summed E-state index contributed by atoms with van der Waals surface area (Å²) < 4.78 is 63.1. The minimum Gasteiger partial charge on any atom is -0.479 e. The van der Waals surface area contributed by atoms with E-state index in [4.69, 9.17) is 9.47 Å². The fraction of sp³-hybridized carbons (Fsp3) is 0.400.